The maximum Gasteiger partial charge on any atom is 0.227 e. The van der Waals surface area contributed by atoms with Crippen molar-refractivity contribution in [3.05, 3.63) is 59.7 Å². The van der Waals surface area contributed by atoms with E-state index in [0.717, 1.165) is 30.4 Å². The van der Waals surface area contributed by atoms with Gasteiger partial charge in [-0.25, -0.2) is 0 Å². The third-order valence-electron chi connectivity index (χ3n) is 5.43. The highest BCUT2D eigenvalue weighted by Gasteiger charge is 2.31. The number of nitriles is 2. The zero-order chi connectivity index (χ0) is 21.3. The summed E-state index contributed by atoms with van der Waals surface area (Å²) >= 11 is 0. The molecular weight excluding hydrogens is 376 g/mol. The van der Waals surface area contributed by atoms with Crippen molar-refractivity contribution < 1.29 is 9.59 Å². The van der Waals surface area contributed by atoms with E-state index in [9.17, 15) is 9.59 Å². The molecule has 2 aromatic carbocycles. The van der Waals surface area contributed by atoms with Crippen molar-refractivity contribution in [1.29, 1.82) is 10.5 Å². The predicted molar refractivity (Wildman–Crippen MR) is 114 cm³/mol. The van der Waals surface area contributed by atoms with Crippen LogP contribution in [0.1, 0.15) is 36.8 Å². The Kier molecular flexibility index (Phi) is 7.19. The smallest absolute Gasteiger partial charge is 0.227 e. The van der Waals surface area contributed by atoms with Gasteiger partial charge in [0, 0.05) is 23.2 Å². The summed E-state index contributed by atoms with van der Waals surface area (Å²) in [6.45, 7) is 0. The lowest BCUT2D eigenvalue weighted by Gasteiger charge is -2.27. The summed E-state index contributed by atoms with van der Waals surface area (Å²) in [5.74, 6) is -0.541. The molecule has 0 spiro atoms. The van der Waals surface area contributed by atoms with Gasteiger partial charge in [-0.15, -0.1) is 0 Å². The van der Waals surface area contributed by atoms with Crippen LogP contribution in [-0.4, -0.2) is 11.8 Å². The van der Waals surface area contributed by atoms with E-state index >= 15 is 0 Å². The van der Waals surface area contributed by atoms with Crippen LogP contribution < -0.4 is 10.6 Å². The van der Waals surface area contributed by atoms with E-state index in [1.165, 1.54) is 0 Å². The Morgan fingerprint density at radius 1 is 0.767 bits per heavy atom. The van der Waals surface area contributed by atoms with Crippen molar-refractivity contribution in [2.75, 3.05) is 10.6 Å². The van der Waals surface area contributed by atoms with Gasteiger partial charge in [-0.1, -0.05) is 30.7 Å². The van der Waals surface area contributed by atoms with Crippen LogP contribution in [0.4, 0.5) is 11.4 Å². The molecule has 1 aliphatic rings. The highest BCUT2D eigenvalue weighted by atomic mass is 16.2. The lowest BCUT2D eigenvalue weighted by molar-refractivity contribution is -0.124. The predicted octanol–water partition coefficient (Wildman–Crippen LogP) is 4.20. The highest BCUT2D eigenvalue weighted by molar-refractivity contribution is 5.95. The van der Waals surface area contributed by atoms with Gasteiger partial charge in [0.15, 0.2) is 0 Å². The molecule has 3 rings (SSSR count). The SMILES string of the molecule is N#CCc1ccc(NC(=O)C2CCCC(C(=O)Nc3ccc(CC#N)cc3)C2)cc1. The summed E-state index contributed by atoms with van der Waals surface area (Å²) in [6.07, 6.45) is 3.58. The maximum absolute atomic E-state index is 12.7. The van der Waals surface area contributed by atoms with E-state index in [1.807, 2.05) is 24.3 Å². The molecule has 30 heavy (non-hydrogen) atoms. The Morgan fingerprint density at radius 2 is 1.17 bits per heavy atom. The van der Waals surface area contributed by atoms with Crippen LogP contribution in [0.15, 0.2) is 48.5 Å². The van der Waals surface area contributed by atoms with Crippen LogP contribution >= 0.6 is 0 Å². The second-order valence-corrected chi connectivity index (χ2v) is 7.60. The summed E-state index contributed by atoms with van der Waals surface area (Å²) in [7, 11) is 0. The first-order valence-corrected chi connectivity index (χ1v) is 10.1. The molecule has 0 radical (unpaired) electrons. The van der Waals surface area contributed by atoms with E-state index in [2.05, 4.69) is 22.8 Å². The van der Waals surface area contributed by atoms with Gasteiger partial charge in [0.25, 0.3) is 0 Å². The minimum atomic E-state index is -0.203. The minimum absolute atomic E-state index is 0.0682. The molecule has 0 saturated heterocycles. The van der Waals surface area contributed by atoms with Crippen molar-refractivity contribution in [3.8, 4) is 12.1 Å². The van der Waals surface area contributed by atoms with Gasteiger partial charge < -0.3 is 10.6 Å². The normalized spacial score (nSPS) is 17.9. The average molecular weight is 400 g/mol. The van der Waals surface area contributed by atoms with Crippen LogP contribution in [0.5, 0.6) is 0 Å². The van der Waals surface area contributed by atoms with Gasteiger partial charge in [0.2, 0.25) is 11.8 Å². The van der Waals surface area contributed by atoms with Crippen LogP contribution in [0.3, 0.4) is 0 Å². The van der Waals surface area contributed by atoms with Gasteiger partial charge in [-0.3, -0.25) is 9.59 Å². The van der Waals surface area contributed by atoms with Crippen molar-refractivity contribution >= 4 is 23.2 Å². The number of hydrogen-bond donors (Lipinski definition) is 2. The molecule has 2 amide bonds. The maximum atomic E-state index is 12.7. The zero-order valence-electron chi connectivity index (χ0n) is 16.7. The molecule has 2 N–H and O–H groups in total. The van der Waals surface area contributed by atoms with Crippen LogP contribution in [0, 0.1) is 34.5 Å². The Labute approximate surface area is 176 Å². The summed E-state index contributed by atoms with van der Waals surface area (Å²) in [5.41, 5.74) is 3.22. The Hall–Kier alpha value is -3.64. The lowest BCUT2D eigenvalue weighted by atomic mass is 9.80. The second-order valence-electron chi connectivity index (χ2n) is 7.60. The second kappa shape index (κ2) is 10.2. The Balaban J connectivity index is 1.54. The van der Waals surface area contributed by atoms with E-state index in [1.54, 1.807) is 24.3 Å². The molecule has 2 unspecified atom stereocenters. The molecule has 6 nitrogen and oxygen atoms in total. The molecule has 1 aliphatic carbocycles. The number of carbonyl (C=O) groups excluding carboxylic acids is 2. The lowest BCUT2D eigenvalue weighted by Crippen LogP contribution is -2.33. The third kappa shape index (κ3) is 5.68. The fraction of sp³-hybridized carbons (Fsp3) is 0.333. The number of nitrogens with one attached hydrogen (secondary N) is 2. The van der Waals surface area contributed by atoms with E-state index < -0.39 is 0 Å². The Morgan fingerprint density at radius 3 is 1.53 bits per heavy atom. The molecule has 1 fully saturated rings. The molecule has 0 bridgehead atoms. The summed E-state index contributed by atoms with van der Waals surface area (Å²) in [5, 5.41) is 23.3. The molecule has 0 aliphatic heterocycles. The van der Waals surface area contributed by atoms with Crippen molar-refractivity contribution in [2.45, 2.75) is 38.5 Å². The van der Waals surface area contributed by atoms with E-state index in [0.29, 0.717) is 30.6 Å². The molecule has 2 atom stereocenters. The molecule has 0 heterocycles. The van der Waals surface area contributed by atoms with Gasteiger partial charge >= 0.3 is 0 Å². The quantitative estimate of drug-likeness (QED) is 0.758. The van der Waals surface area contributed by atoms with Crippen molar-refractivity contribution in [3.63, 3.8) is 0 Å². The number of rotatable bonds is 6. The number of carbonyl (C=O) groups is 2. The van der Waals surface area contributed by atoms with Gasteiger partial charge in [0.05, 0.1) is 25.0 Å². The van der Waals surface area contributed by atoms with Crippen LogP contribution in [0.25, 0.3) is 0 Å². The zero-order valence-corrected chi connectivity index (χ0v) is 16.7. The fourth-order valence-corrected chi connectivity index (χ4v) is 3.75. The number of hydrogen-bond acceptors (Lipinski definition) is 4. The minimum Gasteiger partial charge on any atom is -0.326 e. The van der Waals surface area contributed by atoms with Crippen molar-refractivity contribution in [1.82, 2.24) is 0 Å². The molecule has 1 saturated carbocycles. The van der Waals surface area contributed by atoms with Gasteiger partial charge in [-0.05, 0) is 54.7 Å². The first-order chi connectivity index (χ1) is 14.6. The number of anilines is 2. The number of benzene rings is 2. The topological polar surface area (TPSA) is 106 Å². The van der Waals surface area contributed by atoms with Crippen molar-refractivity contribution in [2.24, 2.45) is 11.8 Å². The standard InChI is InChI=1S/C24H24N4O2/c25-14-12-17-4-8-21(9-5-17)27-23(29)19-2-1-3-20(16-19)24(30)28-22-10-6-18(7-11-22)13-15-26/h4-11,19-20H,1-3,12-13,16H2,(H,27,29)(H,28,30). The first-order valence-electron chi connectivity index (χ1n) is 10.1. The summed E-state index contributed by atoms with van der Waals surface area (Å²) < 4.78 is 0. The number of amides is 2. The summed E-state index contributed by atoms with van der Waals surface area (Å²) in [6, 6.07) is 18.7. The molecular formula is C24H24N4O2. The molecule has 152 valence electrons. The van der Waals surface area contributed by atoms with E-state index in [-0.39, 0.29) is 23.7 Å². The number of nitrogens with zero attached hydrogens (tertiary/aromatic N) is 2. The molecule has 6 heteroatoms. The van der Waals surface area contributed by atoms with Gasteiger partial charge in [-0.2, -0.15) is 10.5 Å². The monoisotopic (exact) mass is 400 g/mol. The third-order valence-corrected chi connectivity index (χ3v) is 5.43. The van der Waals surface area contributed by atoms with Crippen LogP contribution in [-0.2, 0) is 22.4 Å². The summed E-state index contributed by atoms with van der Waals surface area (Å²) in [4.78, 5) is 25.4. The first kappa shape index (κ1) is 21.1. The van der Waals surface area contributed by atoms with Gasteiger partial charge in [0.1, 0.15) is 0 Å². The molecule has 2 aromatic rings. The average Bonchev–Trinajstić information content (AvgIpc) is 2.77. The van der Waals surface area contributed by atoms with Crippen LogP contribution in [0.2, 0.25) is 0 Å². The molecule has 0 aromatic heterocycles. The Bertz CT molecular complexity index is 889. The highest BCUT2D eigenvalue weighted by Crippen LogP contribution is 2.31. The largest absolute Gasteiger partial charge is 0.326 e. The van der Waals surface area contributed by atoms with E-state index in [4.69, 9.17) is 10.5 Å². The fourth-order valence-electron chi connectivity index (χ4n) is 3.75.